The van der Waals surface area contributed by atoms with Gasteiger partial charge in [-0.3, -0.25) is 11.3 Å². The molecular formula is C16H29N3S2. The SMILES string of the molecule is CC(C)(C)c1csc(CC(CSC2CCCCC2)NN)n1. The van der Waals surface area contributed by atoms with Gasteiger partial charge >= 0.3 is 0 Å². The quantitative estimate of drug-likeness (QED) is 0.615. The lowest BCUT2D eigenvalue weighted by Crippen LogP contribution is -2.39. The van der Waals surface area contributed by atoms with Gasteiger partial charge in [0.05, 0.1) is 10.7 Å². The highest BCUT2D eigenvalue weighted by atomic mass is 32.2. The summed E-state index contributed by atoms with van der Waals surface area (Å²) >= 11 is 3.86. The van der Waals surface area contributed by atoms with Crippen molar-refractivity contribution in [2.75, 3.05) is 5.75 Å². The van der Waals surface area contributed by atoms with E-state index in [0.717, 1.165) is 17.4 Å². The molecule has 21 heavy (non-hydrogen) atoms. The molecule has 0 spiro atoms. The molecule has 0 amide bonds. The van der Waals surface area contributed by atoms with Gasteiger partial charge in [-0.1, -0.05) is 40.0 Å². The summed E-state index contributed by atoms with van der Waals surface area (Å²) in [5.41, 5.74) is 4.31. The van der Waals surface area contributed by atoms with E-state index in [1.54, 1.807) is 11.3 Å². The lowest BCUT2D eigenvalue weighted by atomic mass is 9.93. The molecule has 1 heterocycles. The second-order valence-electron chi connectivity index (χ2n) is 7.04. The highest BCUT2D eigenvalue weighted by Crippen LogP contribution is 2.29. The fourth-order valence-corrected chi connectivity index (χ4v) is 5.10. The number of hydrogen-bond donors (Lipinski definition) is 2. The molecule has 1 aliphatic carbocycles. The highest BCUT2D eigenvalue weighted by Gasteiger charge is 2.20. The molecule has 0 aromatic carbocycles. The monoisotopic (exact) mass is 327 g/mol. The maximum Gasteiger partial charge on any atom is 0.0944 e. The standard InChI is InChI=1S/C16H29N3S2/c1-16(2,3)14-11-21-15(18-14)9-12(19-17)10-20-13-7-5-4-6-8-13/h11-13,19H,4-10,17H2,1-3H3. The highest BCUT2D eigenvalue weighted by molar-refractivity contribution is 7.99. The van der Waals surface area contributed by atoms with Gasteiger partial charge in [0.25, 0.3) is 0 Å². The largest absolute Gasteiger partial charge is 0.271 e. The Hall–Kier alpha value is -0.100. The van der Waals surface area contributed by atoms with Crippen LogP contribution in [-0.2, 0) is 11.8 Å². The Bertz CT molecular complexity index is 419. The van der Waals surface area contributed by atoms with Gasteiger partial charge in [-0.2, -0.15) is 11.8 Å². The Balaban J connectivity index is 1.82. The zero-order chi connectivity index (χ0) is 15.3. The third-order valence-corrected chi connectivity index (χ3v) is 6.47. The zero-order valence-corrected chi connectivity index (χ0v) is 15.2. The van der Waals surface area contributed by atoms with Crippen LogP contribution in [0.25, 0.3) is 0 Å². The minimum Gasteiger partial charge on any atom is -0.271 e. The molecule has 0 bridgehead atoms. The van der Waals surface area contributed by atoms with Crippen LogP contribution >= 0.6 is 23.1 Å². The van der Waals surface area contributed by atoms with Gasteiger partial charge in [-0.15, -0.1) is 11.3 Å². The van der Waals surface area contributed by atoms with E-state index in [1.165, 1.54) is 42.8 Å². The minimum absolute atomic E-state index is 0.136. The fourth-order valence-electron chi connectivity index (χ4n) is 2.61. The van der Waals surface area contributed by atoms with Crippen LogP contribution in [0.2, 0.25) is 0 Å². The molecule has 1 aromatic heterocycles. The molecule has 1 unspecified atom stereocenters. The normalized spacial score (nSPS) is 18.9. The van der Waals surface area contributed by atoms with Crippen molar-refractivity contribution in [3.63, 3.8) is 0 Å². The summed E-state index contributed by atoms with van der Waals surface area (Å²) in [5.74, 6) is 6.83. The average Bonchev–Trinajstić information content (AvgIpc) is 2.93. The maximum atomic E-state index is 5.74. The topological polar surface area (TPSA) is 50.9 Å². The first-order chi connectivity index (χ1) is 9.99. The summed E-state index contributed by atoms with van der Waals surface area (Å²) in [6.45, 7) is 6.64. The lowest BCUT2D eigenvalue weighted by Gasteiger charge is -2.23. The summed E-state index contributed by atoms with van der Waals surface area (Å²) in [5, 5.41) is 4.24. The second-order valence-corrected chi connectivity index (χ2v) is 9.31. The second kappa shape index (κ2) is 7.95. The van der Waals surface area contributed by atoms with E-state index in [1.807, 2.05) is 0 Å². The first-order valence-corrected chi connectivity index (χ1v) is 9.94. The lowest BCUT2D eigenvalue weighted by molar-refractivity contribution is 0.512. The molecule has 0 radical (unpaired) electrons. The molecule has 120 valence electrons. The predicted octanol–water partition coefficient (Wildman–Crippen LogP) is 3.88. The fraction of sp³-hybridized carbons (Fsp3) is 0.812. The minimum atomic E-state index is 0.136. The molecule has 1 aromatic rings. The van der Waals surface area contributed by atoms with Gasteiger partial charge in [-0.05, 0) is 12.8 Å². The first-order valence-electron chi connectivity index (χ1n) is 8.01. The Kier molecular flexibility index (Phi) is 6.53. The predicted molar refractivity (Wildman–Crippen MR) is 95.0 cm³/mol. The van der Waals surface area contributed by atoms with E-state index < -0.39 is 0 Å². The van der Waals surface area contributed by atoms with Crippen molar-refractivity contribution in [3.05, 3.63) is 16.1 Å². The summed E-state index contributed by atoms with van der Waals surface area (Å²) in [6.07, 6.45) is 7.93. The van der Waals surface area contributed by atoms with Crippen molar-refractivity contribution in [1.29, 1.82) is 0 Å². The first kappa shape index (κ1) is 17.3. The maximum absolute atomic E-state index is 5.74. The number of hydrazine groups is 1. The van der Waals surface area contributed by atoms with Crippen molar-refractivity contribution in [2.45, 2.75) is 76.0 Å². The Labute approximate surface area is 137 Å². The van der Waals surface area contributed by atoms with Crippen molar-refractivity contribution >= 4 is 23.1 Å². The van der Waals surface area contributed by atoms with Crippen molar-refractivity contribution in [2.24, 2.45) is 5.84 Å². The van der Waals surface area contributed by atoms with Crippen LogP contribution in [0.15, 0.2) is 5.38 Å². The van der Waals surface area contributed by atoms with Gasteiger partial charge in [0, 0.05) is 34.3 Å². The summed E-state index contributed by atoms with van der Waals surface area (Å²) in [7, 11) is 0. The van der Waals surface area contributed by atoms with Crippen LogP contribution < -0.4 is 11.3 Å². The van der Waals surface area contributed by atoms with Gasteiger partial charge in [0.1, 0.15) is 0 Å². The molecule has 1 aliphatic rings. The molecule has 1 atom stereocenters. The van der Waals surface area contributed by atoms with Crippen molar-refractivity contribution < 1.29 is 0 Å². The molecule has 3 N–H and O–H groups in total. The molecule has 0 aliphatic heterocycles. The van der Waals surface area contributed by atoms with E-state index in [4.69, 9.17) is 10.8 Å². The number of nitrogens with zero attached hydrogens (tertiary/aromatic N) is 1. The number of hydrogen-bond acceptors (Lipinski definition) is 5. The number of thiazole rings is 1. The summed E-state index contributed by atoms with van der Waals surface area (Å²) in [6, 6.07) is 0.330. The third kappa shape index (κ3) is 5.55. The van der Waals surface area contributed by atoms with Crippen LogP contribution in [0.3, 0.4) is 0 Å². The van der Waals surface area contributed by atoms with Gasteiger partial charge in [0.2, 0.25) is 0 Å². The van der Waals surface area contributed by atoms with Gasteiger partial charge in [0.15, 0.2) is 0 Å². The van der Waals surface area contributed by atoms with E-state index in [2.05, 4.69) is 43.3 Å². The molecule has 0 saturated heterocycles. The van der Waals surface area contributed by atoms with E-state index in [9.17, 15) is 0 Å². The number of rotatable bonds is 6. The number of aromatic nitrogens is 1. The van der Waals surface area contributed by atoms with Gasteiger partial charge in [-0.25, -0.2) is 4.98 Å². The van der Waals surface area contributed by atoms with E-state index in [-0.39, 0.29) is 5.41 Å². The Morgan fingerprint density at radius 3 is 2.67 bits per heavy atom. The van der Waals surface area contributed by atoms with E-state index >= 15 is 0 Å². The molecule has 2 rings (SSSR count). The van der Waals surface area contributed by atoms with Crippen LogP contribution in [0, 0.1) is 0 Å². The smallest absolute Gasteiger partial charge is 0.0944 e. The molecule has 1 saturated carbocycles. The van der Waals surface area contributed by atoms with Crippen LogP contribution in [-0.4, -0.2) is 22.0 Å². The van der Waals surface area contributed by atoms with Crippen LogP contribution in [0.4, 0.5) is 0 Å². The van der Waals surface area contributed by atoms with Crippen LogP contribution in [0.5, 0.6) is 0 Å². The van der Waals surface area contributed by atoms with Gasteiger partial charge < -0.3 is 0 Å². The number of nitrogens with two attached hydrogens (primary N) is 1. The Morgan fingerprint density at radius 1 is 1.38 bits per heavy atom. The zero-order valence-electron chi connectivity index (χ0n) is 13.5. The van der Waals surface area contributed by atoms with Crippen molar-refractivity contribution in [3.8, 4) is 0 Å². The molecule has 1 fully saturated rings. The Morgan fingerprint density at radius 2 is 2.10 bits per heavy atom. The average molecular weight is 328 g/mol. The van der Waals surface area contributed by atoms with Crippen molar-refractivity contribution in [1.82, 2.24) is 10.4 Å². The molecule has 5 heteroatoms. The van der Waals surface area contributed by atoms with E-state index in [0.29, 0.717) is 6.04 Å². The number of nitrogens with one attached hydrogen (secondary N) is 1. The third-order valence-electron chi connectivity index (χ3n) is 4.06. The molecule has 3 nitrogen and oxygen atoms in total. The number of thioether (sulfide) groups is 1. The molecular weight excluding hydrogens is 298 g/mol. The summed E-state index contributed by atoms with van der Waals surface area (Å²) in [4.78, 5) is 4.78. The summed E-state index contributed by atoms with van der Waals surface area (Å²) < 4.78 is 0. The van der Waals surface area contributed by atoms with Crippen LogP contribution in [0.1, 0.15) is 63.6 Å².